The number of hydrogen-bond donors (Lipinski definition) is 0. The molecule has 4 rings (SSSR count). The van der Waals surface area contributed by atoms with Gasteiger partial charge in [-0.25, -0.2) is 4.98 Å². The Labute approximate surface area is 185 Å². The third kappa shape index (κ3) is 5.31. The molecule has 0 bridgehead atoms. The van der Waals surface area contributed by atoms with Gasteiger partial charge in [0.15, 0.2) is 0 Å². The topological polar surface area (TPSA) is 58.6 Å². The molecular formula is C22H24N4O2S2. The van der Waals surface area contributed by atoms with Gasteiger partial charge < -0.3 is 14.5 Å². The Hall–Kier alpha value is -2.58. The monoisotopic (exact) mass is 440 g/mol. The summed E-state index contributed by atoms with van der Waals surface area (Å²) < 4.78 is 9.81. The normalized spacial score (nSPS) is 14.0. The molecule has 0 radical (unpaired) electrons. The average Bonchev–Trinajstić information content (AvgIpc) is 3.27. The standard InChI is InChI=1S/C22H24N4O2S2/c1-28-18-7-5-6-17(14-18)15-20-23-22(30-24-20)26-12-10-25(11-13-26)21(27)16-29-19-8-3-2-4-9-19/h2-9,14H,10-13,15-16H2,1H3. The molecule has 8 heteroatoms. The van der Waals surface area contributed by atoms with E-state index >= 15 is 0 Å². The quantitative estimate of drug-likeness (QED) is 0.524. The van der Waals surface area contributed by atoms with Gasteiger partial charge in [0.1, 0.15) is 11.6 Å². The minimum Gasteiger partial charge on any atom is -0.497 e. The van der Waals surface area contributed by atoms with Gasteiger partial charge >= 0.3 is 0 Å². The number of hydrogen-bond acceptors (Lipinski definition) is 7. The highest BCUT2D eigenvalue weighted by Crippen LogP contribution is 2.23. The van der Waals surface area contributed by atoms with Crippen molar-refractivity contribution in [3.63, 3.8) is 0 Å². The highest BCUT2D eigenvalue weighted by atomic mass is 32.2. The number of methoxy groups -OCH3 is 1. The first-order valence-corrected chi connectivity index (χ1v) is 11.6. The SMILES string of the molecule is COc1cccc(Cc2nsc(N3CCN(C(=O)CSc4ccccc4)CC3)n2)c1. The number of carbonyl (C=O) groups excluding carboxylic acids is 1. The number of benzene rings is 2. The predicted molar refractivity (Wildman–Crippen MR) is 122 cm³/mol. The minimum absolute atomic E-state index is 0.194. The Kier molecular flexibility index (Phi) is 6.86. The molecule has 0 saturated carbocycles. The van der Waals surface area contributed by atoms with Gasteiger partial charge in [0.25, 0.3) is 0 Å². The van der Waals surface area contributed by atoms with Gasteiger partial charge in [-0.15, -0.1) is 11.8 Å². The maximum Gasteiger partial charge on any atom is 0.233 e. The van der Waals surface area contributed by atoms with Crippen LogP contribution < -0.4 is 9.64 Å². The van der Waals surface area contributed by atoms with E-state index in [1.54, 1.807) is 18.9 Å². The van der Waals surface area contributed by atoms with Crippen molar-refractivity contribution < 1.29 is 9.53 Å². The van der Waals surface area contributed by atoms with Crippen molar-refractivity contribution in [1.29, 1.82) is 0 Å². The molecule has 0 N–H and O–H groups in total. The molecule has 1 aliphatic heterocycles. The molecule has 1 aliphatic rings. The van der Waals surface area contributed by atoms with E-state index in [1.807, 2.05) is 53.4 Å². The fourth-order valence-corrected chi connectivity index (χ4v) is 4.87. The number of piperazine rings is 1. The Bertz CT molecular complexity index is 972. The molecule has 2 aromatic carbocycles. The average molecular weight is 441 g/mol. The van der Waals surface area contributed by atoms with Crippen LogP contribution in [-0.2, 0) is 11.2 Å². The highest BCUT2D eigenvalue weighted by molar-refractivity contribution is 8.00. The predicted octanol–water partition coefficient (Wildman–Crippen LogP) is 3.58. The summed E-state index contributed by atoms with van der Waals surface area (Å²) in [6.07, 6.45) is 0.683. The van der Waals surface area contributed by atoms with E-state index in [0.717, 1.165) is 53.3 Å². The summed E-state index contributed by atoms with van der Waals surface area (Å²) in [7, 11) is 1.67. The van der Waals surface area contributed by atoms with Gasteiger partial charge in [0.2, 0.25) is 11.0 Å². The third-order valence-corrected chi connectivity index (χ3v) is 6.77. The molecule has 1 fully saturated rings. The maximum absolute atomic E-state index is 12.5. The summed E-state index contributed by atoms with van der Waals surface area (Å²) >= 11 is 3.02. The van der Waals surface area contributed by atoms with Gasteiger partial charge in [-0.2, -0.15) is 4.37 Å². The number of rotatable bonds is 7. The van der Waals surface area contributed by atoms with Gasteiger partial charge in [-0.1, -0.05) is 30.3 Å². The second-order valence-corrected chi connectivity index (χ2v) is 8.77. The van der Waals surface area contributed by atoms with E-state index < -0.39 is 0 Å². The van der Waals surface area contributed by atoms with Crippen LogP contribution in [0.15, 0.2) is 59.5 Å². The Morgan fingerprint density at radius 1 is 1.10 bits per heavy atom. The number of ether oxygens (including phenoxy) is 1. The summed E-state index contributed by atoms with van der Waals surface area (Å²) in [4.78, 5) is 22.5. The first kappa shape index (κ1) is 20.7. The molecule has 1 saturated heterocycles. The molecule has 1 amide bonds. The molecule has 1 aromatic heterocycles. The van der Waals surface area contributed by atoms with E-state index in [4.69, 9.17) is 9.72 Å². The van der Waals surface area contributed by atoms with Crippen molar-refractivity contribution in [3.8, 4) is 5.75 Å². The summed E-state index contributed by atoms with van der Waals surface area (Å²) in [6.45, 7) is 3.02. The van der Waals surface area contributed by atoms with Crippen LogP contribution in [0.1, 0.15) is 11.4 Å². The van der Waals surface area contributed by atoms with Crippen molar-refractivity contribution in [2.45, 2.75) is 11.3 Å². The molecule has 0 atom stereocenters. The molecular weight excluding hydrogens is 416 g/mol. The fraction of sp³-hybridized carbons (Fsp3) is 0.318. The lowest BCUT2D eigenvalue weighted by molar-refractivity contribution is -0.128. The zero-order valence-corrected chi connectivity index (χ0v) is 18.5. The number of anilines is 1. The number of carbonyl (C=O) groups is 1. The zero-order chi connectivity index (χ0) is 20.8. The van der Waals surface area contributed by atoms with E-state index in [9.17, 15) is 4.79 Å². The van der Waals surface area contributed by atoms with E-state index in [-0.39, 0.29) is 5.91 Å². The molecule has 2 heterocycles. The van der Waals surface area contributed by atoms with Crippen molar-refractivity contribution in [2.75, 3.05) is 43.9 Å². The molecule has 0 aliphatic carbocycles. The first-order valence-electron chi connectivity index (χ1n) is 9.87. The fourth-order valence-electron chi connectivity index (χ4n) is 3.31. The molecule has 6 nitrogen and oxygen atoms in total. The lowest BCUT2D eigenvalue weighted by Gasteiger charge is -2.34. The van der Waals surface area contributed by atoms with E-state index in [1.165, 1.54) is 11.5 Å². The summed E-state index contributed by atoms with van der Waals surface area (Å²) in [5.41, 5.74) is 1.13. The molecule has 156 valence electrons. The number of aromatic nitrogens is 2. The largest absolute Gasteiger partial charge is 0.497 e. The van der Waals surface area contributed by atoms with Crippen LogP contribution in [0.2, 0.25) is 0 Å². The highest BCUT2D eigenvalue weighted by Gasteiger charge is 2.23. The summed E-state index contributed by atoms with van der Waals surface area (Å²) in [6, 6.07) is 18.0. The second kappa shape index (κ2) is 9.95. The van der Waals surface area contributed by atoms with Gasteiger partial charge in [0.05, 0.1) is 12.9 Å². The lowest BCUT2D eigenvalue weighted by atomic mass is 10.1. The number of nitrogens with zero attached hydrogens (tertiary/aromatic N) is 4. The molecule has 3 aromatic rings. The number of thioether (sulfide) groups is 1. The van der Waals surface area contributed by atoms with Gasteiger partial charge in [-0.3, -0.25) is 4.79 Å². The Balaban J connectivity index is 1.27. The minimum atomic E-state index is 0.194. The Morgan fingerprint density at radius 3 is 2.67 bits per heavy atom. The third-order valence-electron chi connectivity index (χ3n) is 4.96. The van der Waals surface area contributed by atoms with Crippen LogP contribution in [0, 0.1) is 0 Å². The van der Waals surface area contributed by atoms with Crippen molar-refractivity contribution in [1.82, 2.24) is 14.3 Å². The van der Waals surface area contributed by atoms with Crippen molar-refractivity contribution in [3.05, 3.63) is 66.0 Å². The van der Waals surface area contributed by atoms with Gasteiger partial charge in [-0.05, 0) is 29.8 Å². The second-order valence-electron chi connectivity index (χ2n) is 6.99. The summed E-state index contributed by atoms with van der Waals surface area (Å²) in [5, 5.41) is 0.929. The Morgan fingerprint density at radius 2 is 1.90 bits per heavy atom. The van der Waals surface area contributed by atoms with E-state index in [0.29, 0.717) is 12.2 Å². The smallest absolute Gasteiger partial charge is 0.233 e. The van der Waals surface area contributed by atoms with Crippen molar-refractivity contribution in [2.24, 2.45) is 0 Å². The maximum atomic E-state index is 12.5. The lowest BCUT2D eigenvalue weighted by Crippen LogP contribution is -2.49. The van der Waals surface area contributed by atoms with Crippen LogP contribution >= 0.6 is 23.3 Å². The van der Waals surface area contributed by atoms with Crippen LogP contribution in [0.3, 0.4) is 0 Å². The first-order chi connectivity index (χ1) is 14.7. The van der Waals surface area contributed by atoms with Crippen molar-refractivity contribution >= 4 is 34.3 Å². The molecule has 0 unspecified atom stereocenters. The van der Waals surface area contributed by atoms with Crippen LogP contribution in [-0.4, -0.2) is 59.2 Å². The van der Waals surface area contributed by atoms with Gasteiger partial charge in [0, 0.05) is 49.0 Å². The van der Waals surface area contributed by atoms with Crippen LogP contribution in [0.25, 0.3) is 0 Å². The zero-order valence-electron chi connectivity index (χ0n) is 16.9. The molecule has 0 spiro atoms. The van der Waals surface area contributed by atoms with Crippen LogP contribution in [0.5, 0.6) is 5.75 Å². The summed E-state index contributed by atoms with van der Waals surface area (Å²) in [5.74, 6) is 2.34. The van der Waals surface area contributed by atoms with E-state index in [2.05, 4.69) is 15.3 Å². The number of amides is 1. The van der Waals surface area contributed by atoms with Crippen LogP contribution in [0.4, 0.5) is 5.13 Å². The molecule has 30 heavy (non-hydrogen) atoms.